The molecule has 0 aliphatic heterocycles. The molecule has 24 heavy (non-hydrogen) atoms. The molecule has 3 nitrogen and oxygen atoms in total. The number of primary amides is 1. The van der Waals surface area contributed by atoms with Crippen molar-refractivity contribution in [1.82, 2.24) is 0 Å². The molecule has 0 radical (unpaired) electrons. The van der Waals surface area contributed by atoms with E-state index in [0.717, 1.165) is 31.6 Å². The summed E-state index contributed by atoms with van der Waals surface area (Å²) in [6.45, 7) is 9.22. The standard InChI is InChI=1S/C21H35NO2/c1-14-4-5-15-12-17(8-10-20(14,15)2)21(3)11-9-18(23)13-16(21)6-7-19(22)24/h15-18,23H,1,4-13H2,2-3H3,(H2,22,24)/t15?,16-,17?,18?,20?,21?/m0/s1. The van der Waals surface area contributed by atoms with Crippen molar-refractivity contribution in [2.45, 2.75) is 84.2 Å². The van der Waals surface area contributed by atoms with E-state index in [4.69, 9.17) is 5.73 Å². The first kappa shape index (κ1) is 18.0. The van der Waals surface area contributed by atoms with E-state index in [1.165, 1.54) is 37.7 Å². The molecule has 3 N–H and O–H groups in total. The number of aliphatic hydroxyl groups is 1. The predicted molar refractivity (Wildman–Crippen MR) is 97.2 cm³/mol. The van der Waals surface area contributed by atoms with Gasteiger partial charge in [0.2, 0.25) is 5.91 Å². The second-order valence-corrected chi connectivity index (χ2v) is 9.36. The van der Waals surface area contributed by atoms with Gasteiger partial charge in [0.1, 0.15) is 0 Å². The molecule has 136 valence electrons. The smallest absolute Gasteiger partial charge is 0.217 e. The van der Waals surface area contributed by atoms with E-state index in [0.29, 0.717) is 23.7 Å². The zero-order valence-corrected chi connectivity index (χ0v) is 15.5. The number of hydrogen-bond donors (Lipinski definition) is 2. The van der Waals surface area contributed by atoms with E-state index >= 15 is 0 Å². The molecular formula is C21H35NO2. The fraction of sp³-hybridized carbons (Fsp3) is 0.857. The van der Waals surface area contributed by atoms with E-state index in [1.54, 1.807) is 0 Å². The topological polar surface area (TPSA) is 63.3 Å². The first-order chi connectivity index (χ1) is 11.3. The third-order valence-corrected chi connectivity index (χ3v) is 8.26. The monoisotopic (exact) mass is 333 g/mol. The van der Waals surface area contributed by atoms with Crippen molar-refractivity contribution in [3.8, 4) is 0 Å². The Morgan fingerprint density at radius 1 is 1.21 bits per heavy atom. The molecule has 0 saturated heterocycles. The van der Waals surface area contributed by atoms with Gasteiger partial charge < -0.3 is 10.8 Å². The van der Waals surface area contributed by atoms with Crippen molar-refractivity contribution >= 4 is 5.91 Å². The molecule has 3 heteroatoms. The Bertz CT molecular complexity index is 516. The Hall–Kier alpha value is -0.830. The van der Waals surface area contributed by atoms with Gasteiger partial charge in [-0.05, 0) is 86.4 Å². The van der Waals surface area contributed by atoms with Crippen molar-refractivity contribution in [2.24, 2.45) is 34.3 Å². The van der Waals surface area contributed by atoms with E-state index in [1.807, 2.05) is 0 Å². The van der Waals surface area contributed by atoms with Crippen LogP contribution in [0.5, 0.6) is 0 Å². The minimum Gasteiger partial charge on any atom is -0.393 e. The van der Waals surface area contributed by atoms with Crippen molar-refractivity contribution in [1.29, 1.82) is 0 Å². The zero-order valence-electron chi connectivity index (χ0n) is 15.5. The largest absolute Gasteiger partial charge is 0.393 e. The van der Waals surface area contributed by atoms with Crippen LogP contribution < -0.4 is 5.73 Å². The molecule has 0 spiro atoms. The summed E-state index contributed by atoms with van der Waals surface area (Å²) in [6.07, 6.45) is 10.3. The lowest BCUT2D eigenvalue weighted by Gasteiger charge is -2.53. The molecule has 3 saturated carbocycles. The summed E-state index contributed by atoms with van der Waals surface area (Å²) < 4.78 is 0. The Balaban J connectivity index is 1.75. The van der Waals surface area contributed by atoms with E-state index < -0.39 is 0 Å². The quantitative estimate of drug-likeness (QED) is 0.758. The molecule has 3 aliphatic rings. The summed E-state index contributed by atoms with van der Waals surface area (Å²) in [5.74, 6) is 1.71. The summed E-state index contributed by atoms with van der Waals surface area (Å²) >= 11 is 0. The highest BCUT2D eigenvalue weighted by atomic mass is 16.3. The van der Waals surface area contributed by atoms with Gasteiger partial charge in [0, 0.05) is 6.42 Å². The fourth-order valence-corrected chi connectivity index (χ4v) is 6.23. The third kappa shape index (κ3) is 3.05. The number of carbonyl (C=O) groups excluding carboxylic acids is 1. The van der Waals surface area contributed by atoms with Gasteiger partial charge in [0.25, 0.3) is 0 Å². The molecule has 0 aromatic heterocycles. The van der Waals surface area contributed by atoms with Crippen LogP contribution in [-0.2, 0) is 4.79 Å². The SMILES string of the molecule is C=C1CCC2CC(C3(C)CCC(O)C[C@@H]3CCC(N)=O)CCC12C. The number of fused-ring (bicyclic) bond motifs is 1. The van der Waals surface area contributed by atoms with Gasteiger partial charge in [0.15, 0.2) is 0 Å². The summed E-state index contributed by atoms with van der Waals surface area (Å²) in [7, 11) is 0. The Kier molecular flexibility index (Phi) is 4.85. The lowest BCUT2D eigenvalue weighted by Crippen LogP contribution is -2.45. The highest BCUT2D eigenvalue weighted by Crippen LogP contribution is 2.61. The van der Waals surface area contributed by atoms with Gasteiger partial charge in [-0.2, -0.15) is 0 Å². The van der Waals surface area contributed by atoms with Gasteiger partial charge in [-0.25, -0.2) is 0 Å². The zero-order chi connectivity index (χ0) is 17.5. The summed E-state index contributed by atoms with van der Waals surface area (Å²) in [6, 6.07) is 0. The number of rotatable bonds is 4. The number of hydrogen-bond acceptors (Lipinski definition) is 2. The summed E-state index contributed by atoms with van der Waals surface area (Å²) in [5.41, 5.74) is 7.49. The predicted octanol–water partition coefficient (Wildman–Crippen LogP) is 4.19. The van der Waals surface area contributed by atoms with Crippen LogP contribution in [0.4, 0.5) is 0 Å². The molecule has 3 aliphatic carbocycles. The number of carbonyl (C=O) groups is 1. The van der Waals surface area contributed by atoms with Crippen LogP contribution in [0.1, 0.15) is 78.1 Å². The molecule has 6 atom stereocenters. The second kappa shape index (κ2) is 6.48. The number of aliphatic hydroxyl groups excluding tert-OH is 1. The number of nitrogens with two attached hydrogens (primary N) is 1. The molecule has 5 unspecified atom stereocenters. The van der Waals surface area contributed by atoms with E-state index in [9.17, 15) is 9.90 Å². The molecule has 1 amide bonds. The van der Waals surface area contributed by atoms with Crippen LogP contribution >= 0.6 is 0 Å². The van der Waals surface area contributed by atoms with Gasteiger partial charge >= 0.3 is 0 Å². The minimum atomic E-state index is -0.208. The van der Waals surface area contributed by atoms with Gasteiger partial charge in [-0.15, -0.1) is 0 Å². The molecular weight excluding hydrogens is 298 g/mol. The molecule has 3 rings (SSSR count). The van der Waals surface area contributed by atoms with Crippen molar-refractivity contribution in [2.75, 3.05) is 0 Å². The van der Waals surface area contributed by atoms with Crippen molar-refractivity contribution in [3.63, 3.8) is 0 Å². The van der Waals surface area contributed by atoms with Crippen LogP contribution in [0.25, 0.3) is 0 Å². The lowest BCUT2D eigenvalue weighted by atomic mass is 9.52. The molecule has 3 fully saturated rings. The average molecular weight is 334 g/mol. The van der Waals surface area contributed by atoms with Crippen LogP contribution in [0.2, 0.25) is 0 Å². The fourth-order valence-electron chi connectivity index (χ4n) is 6.23. The minimum absolute atomic E-state index is 0.198. The van der Waals surface area contributed by atoms with Crippen LogP contribution in [0.3, 0.4) is 0 Å². The van der Waals surface area contributed by atoms with Crippen molar-refractivity contribution < 1.29 is 9.90 Å². The molecule has 0 aromatic carbocycles. The highest BCUT2D eigenvalue weighted by Gasteiger charge is 2.52. The van der Waals surface area contributed by atoms with Gasteiger partial charge in [-0.3, -0.25) is 4.79 Å². The Morgan fingerprint density at radius 3 is 2.67 bits per heavy atom. The average Bonchev–Trinajstić information content (AvgIpc) is 2.83. The highest BCUT2D eigenvalue weighted by molar-refractivity contribution is 5.73. The van der Waals surface area contributed by atoms with Gasteiger partial charge in [0.05, 0.1) is 6.10 Å². The maximum atomic E-state index is 11.3. The molecule has 0 heterocycles. The third-order valence-electron chi connectivity index (χ3n) is 8.26. The normalized spacial score (nSPS) is 45.9. The molecule has 0 bridgehead atoms. The first-order valence-electron chi connectivity index (χ1n) is 9.90. The first-order valence-corrected chi connectivity index (χ1v) is 9.90. The maximum Gasteiger partial charge on any atom is 0.217 e. The number of amides is 1. The van der Waals surface area contributed by atoms with E-state index in [-0.39, 0.29) is 17.4 Å². The van der Waals surface area contributed by atoms with E-state index in [2.05, 4.69) is 20.4 Å². The summed E-state index contributed by atoms with van der Waals surface area (Å²) in [4.78, 5) is 11.3. The second-order valence-electron chi connectivity index (χ2n) is 9.36. The Labute approximate surface area is 147 Å². The van der Waals surface area contributed by atoms with Crippen molar-refractivity contribution in [3.05, 3.63) is 12.2 Å². The Morgan fingerprint density at radius 2 is 1.96 bits per heavy atom. The lowest BCUT2D eigenvalue weighted by molar-refractivity contribution is -0.119. The van der Waals surface area contributed by atoms with Crippen LogP contribution in [-0.4, -0.2) is 17.1 Å². The van der Waals surface area contributed by atoms with Gasteiger partial charge in [-0.1, -0.05) is 26.0 Å². The van der Waals surface area contributed by atoms with Crippen LogP contribution in [0.15, 0.2) is 12.2 Å². The summed E-state index contributed by atoms with van der Waals surface area (Å²) in [5, 5.41) is 10.2. The molecule has 0 aromatic rings. The number of allylic oxidation sites excluding steroid dienone is 1. The van der Waals surface area contributed by atoms with Crippen LogP contribution in [0, 0.1) is 28.6 Å². The maximum absolute atomic E-state index is 11.3.